The molecule has 132 valence electrons. The van der Waals surface area contributed by atoms with Gasteiger partial charge in [0.25, 0.3) is 0 Å². The minimum atomic E-state index is -4.54. The number of nitrogens with zero attached hydrogens (tertiary/aromatic N) is 1. The average Bonchev–Trinajstić information content (AvgIpc) is 2.53. The summed E-state index contributed by atoms with van der Waals surface area (Å²) in [6, 6.07) is 9.62. The summed E-state index contributed by atoms with van der Waals surface area (Å²) in [7, 11) is 0. The Kier molecular flexibility index (Phi) is 6.44. The van der Waals surface area contributed by atoms with Crippen LogP contribution in [0.1, 0.15) is 11.1 Å². The third-order valence-corrected chi connectivity index (χ3v) is 4.37. The number of halogens is 4. The molecule has 0 radical (unpaired) electrons. The highest BCUT2D eigenvalue weighted by Gasteiger charge is 2.31. The Morgan fingerprint density at radius 3 is 2.44 bits per heavy atom. The van der Waals surface area contributed by atoms with Crippen molar-refractivity contribution in [3.8, 4) is 0 Å². The number of amides is 2. The molecule has 0 aliphatic heterocycles. The van der Waals surface area contributed by atoms with Crippen molar-refractivity contribution < 1.29 is 22.8 Å². The fourth-order valence-corrected chi connectivity index (χ4v) is 2.83. The molecule has 0 saturated carbocycles. The van der Waals surface area contributed by atoms with E-state index in [-0.39, 0.29) is 22.2 Å². The Morgan fingerprint density at radius 2 is 1.84 bits per heavy atom. The van der Waals surface area contributed by atoms with Gasteiger partial charge in [0.05, 0.1) is 22.8 Å². The average molecular weight is 389 g/mol. The number of pyridine rings is 1. The summed E-state index contributed by atoms with van der Waals surface area (Å²) in [5.74, 6) is -1.24. The Hall–Kier alpha value is -2.06. The van der Waals surface area contributed by atoms with Gasteiger partial charge in [-0.25, -0.2) is 4.98 Å². The lowest BCUT2D eigenvalue weighted by atomic mass is 10.1. The van der Waals surface area contributed by atoms with Crippen molar-refractivity contribution in [2.24, 2.45) is 0 Å². The van der Waals surface area contributed by atoms with Crippen LogP contribution in [-0.4, -0.2) is 22.6 Å². The molecule has 0 bridgehead atoms. The number of alkyl halides is 3. The highest BCUT2D eigenvalue weighted by atomic mass is 35.5. The monoisotopic (exact) mass is 388 g/mol. The second kappa shape index (κ2) is 8.35. The molecule has 0 unspecified atom stereocenters. The summed E-state index contributed by atoms with van der Waals surface area (Å²) in [5, 5.41) is 2.08. The van der Waals surface area contributed by atoms with Crippen LogP contribution in [0.25, 0.3) is 0 Å². The number of benzene rings is 1. The van der Waals surface area contributed by atoms with Crippen molar-refractivity contribution in [3.63, 3.8) is 0 Å². The van der Waals surface area contributed by atoms with Gasteiger partial charge in [0.2, 0.25) is 11.8 Å². The number of hydrogen-bond donors (Lipinski definition) is 1. The maximum Gasteiger partial charge on any atom is 0.417 e. The van der Waals surface area contributed by atoms with Crippen molar-refractivity contribution in [2.75, 3.05) is 5.75 Å². The smallest absolute Gasteiger partial charge is 0.295 e. The third-order valence-electron chi connectivity index (χ3n) is 2.96. The van der Waals surface area contributed by atoms with Gasteiger partial charge in [0.15, 0.2) is 0 Å². The first-order valence-corrected chi connectivity index (χ1v) is 8.34. The van der Waals surface area contributed by atoms with E-state index in [4.69, 9.17) is 11.6 Å². The number of carbonyl (C=O) groups excluding carboxylic acids is 2. The number of aromatic nitrogens is 1. The predicted octanol–water partition coefficient (Wildman–Crippen LogP) is 3.73. The number of thioether (sulfide) groups is 1. The van der Waals surface area contributed by atoms with Gasteiger partial charge in [-0.1, -0.05) is 53.7 Å². The van der Waals surface area contributed by atoms with E-state index in [1.54, 1.807) is 24.3 Å². The summed E-state index contributed by atoms with van der Waals surface area (Å²) in [4.78, 5) is 27.1. The van der Waals surface area contributed by atoms with Crippen LogP contribution in [0.3, 0.4) is 0 Å². The second-order valence-corrected chi connectivity index (χ2v) is 6.30. The molecule has 25 heavy (non-hydrogen) atoms. The number of carbonyl (C=O) groups is 2. The SMILES string of the molecule is O=C(CSc1ncc(C(F)(F)F)cc1Cl)NC(=O)Cc1ccccc1. The molecule has 4 nitrogen and oxygen atoms in total. The van der Waals surface area contributed by atoms with E-state index < -0.39 is 23.6 Å². The van der Waals surface area contributed by atoms with Gasteiger partial charge in [0.1, 0.15) is 5.03 Å². The summed E-state index contributed by atoms with van der Waals surface area (Å²) in [6.07, 6.45) is -3.84. The number of rotatable bonds is 5. The summed E-state index contributed by atoms with van der Waals surface area (Å²) in [5.41, 5.74) is -0.211. The number of nitrogens with one attached hydrogen (secondary N) is 1. The largest absolute Gasteiger partial charge is 0.417 e. The molecule has 2 rings (SSSR count). The van der Waals surface area contributed by atoms with Crippen LogP contribution in [0.2, 0.25) is 5.02 Å². The van der Waals surface area contributed by atoms with Crippen molar-refractivity contribution >= 4 is 35.2 Å². The second-order valence-electron chi connectivity index (χ2n) is 4.93. The zero-order valence-electron chi connectivity index (χ0n) is 12.6. The molecule has 0 atom stereocenters. The van der Waals surface area contributed by atoms with E-state index in [1.807, 2.05) is 6.07 Å². The summed E-state index contributed by atoms with van der Waals surface area (Å²) >= 11 is 6.60. The minimum Gasteiger partial charge on any atom is -0.295 e. The fraction of sp³-hybridized carbons (Fsp3) is 0.188. The van der Waals surface area contributed by atoms with Gasteiger partial charge in [0, 0.05) is 6.20 Å². The van der Waals surface area contributed by atoms with Crippen molar-refractivity contribution in [1.82, 2.24) is 10.3 Å². The molecule has 1 aromatic heterocycles. The van der Waals surface area contributed by atoms with E-state index in [0.717, 1.165) is 23.4 Å². The Bertz CT molecular complexity index is 770. The normalized spacial score (nSPS) is 11.2. The lowest BCUT2D eigenvalue weighted by Gasteiger charge is -2.09. The maximum atomic E-state index is 12.5. The first-order chi connectivity index (χ1) is 11.8. The first-order valence-electron chi connectivity index (χ1n) is 6.98. The van der Waals surface area contributed by atoms with Crippen LogP contribution < -0.4 is 5.32 Å². The molecule has 1 heterocycles. The quantitative estimate of drug-likeness (QED) is 0.793. The predicted molar refractivity (Wildman–Crippen MR) is 88.3 cm³/mol. The summed E-state index contributed by atoms with van der Waals surface area (Å²) in [6.45, 7) is 0. The molecule has 0 aliphatic carbocycles. The van der Waals surface area contributed by atoms with Crippen molar-refractivity contribution in [2.45, 2.75) is 17.6 Å². The highest BCUT2D eigenvalue weighted by Crippen LogP contribution is 2.33. The van der Waals surface area contributed by atoms with Crippen molar-refractivity contribution in [3.05, 3.63) is 58.7 Å². The van der Waals surface area contributed by atoms with Gasteiger partial charge in [-0.15, -0.1) is 0 Å². The van der Waals surface area contributed by atoms with E-state index in [0.29, 0.717) is 6.20 Å². The van der Waals surface area contributed by atoms with Gasteiger partial charge in [-0.2, -0.15) is 13.2 Å². The molecule has 2 aromatic rings. The first kappa shape index (κ1) is 19.3. The van der Waals surface area contributed by atoms with E-state index in [2.05, 4.69) is 10.3 Å². The summed E-state index contributed by atoms with van der Waals surface area (Å²) < 4.78 is 37.6. The molecule has 0 spiro atoms. The number of hydrogen-bond acceptors (Lipinski definition) is 4. The van der Waals surface area contributed by atoms with Crippen LogP contribution >= 0.6 is 23.4 Å². The van der Waals surface area contributed by atoms with E-state index >= 15 is 0 Å². The van der Waals surface area contributed by atoms with Gasteiger partial charge >= 0.3 is 6.18 Å². The molecular formula is C16H12ClF3N2O2S. The van der Waals surface area contributed by atoms with Crippen LogP contribution in [-0.2, 0) is 22.2 Å². The highest BCUT2D eigenvalue weighted by molar-refractivity contribution is 8.00. The van der Waals surface area contributed by atoms with E-state index in [1.165, 1.54) is 0 Å². The lowest BCUT2D eigenvalue weighted by molar-refractivity contribution is -0.138. The molecule has 2 amide bonds. The molecule has 9 heteroatoms. The van der Waals surface area contributed by atoms with Gasteiger partial charge in [-0.3, -0.25) is 14.9 Å². The van der Waals surface area contributed by atoms with Crippen LogP contribution in [0.5, 0.6) is 0 Å². The maximum absolute atomic E-state index is 12.5. The third kappa shape index (κ3) is 6.06. The Morgan fingerprint density at radius 1 is 1.16 bits per heavy atom. The molecule has 0 aliphatic rings. The lowest BCUT2D eigenvalue weighted by Crippen LogP contribution is -2.33. The van der Waals surface area contributed by atoms with E-state index in [9.17, 15) is 22.8 Å². The fourth-order valence-electron chi connectivity index (χ4n) is 1.84. The molecule has 0 saturated heterocycles. The molecular weight excluding hydrogens is 377 g/mol. The van der Waals surface area contributed by atoms with Crippen LogP contribution in [0.15, 0.2) is 47.6 Å². The van der Waals surface area contributed by atoms with Crippen LogP contribution in [0.4, 0.5) is 13.2 Å². The zero-order chi connectivity index (χ0) is 18.4. The van der Waals surface area contributed by atoms with Gasteiger partial charge < -0.3 is 0 Å². The Labute approximate surface area is 150 Å². The molecule has 1 N–H and O–H groups in total. The molecule has 0 fully saturated rings. The minimum absolute atomic E-state index is 0.0521. The standard InChI is InChI=1S/C16H12ClF3N2O2S/c17-12-7-11(16(18,19)20)8-21-15(12)25-9-14(24)22-13(23)6-10-4-2-1-3-5-10/h1-5,7-8H,6,9H2,(H,22,23,24). The van der Waals surface area contributed by atoms with Gasteiger partial charge in [-0.05, 0) is 11.6 Å². The zero-order valence-corrected chi connectivity index (χ0v) is 14.2. The molecule has 1 aromatic carbocycles. The number of imide groups is 1. The Balaban J connectivity index is 1.86. The van der Waals surface area contributed by atoms with Crippen LogP contribution in [0, 0.1) is 0 Å². The van der Waals surface area contributed by atoms with Crippen molar-refractivity contribution in [1.29, 1.82) is 0 Å². The topological polar surface area (TPSA) is 59.1 Å².